The molecule has 38 nitrogen and oxygen atoms in total. The summed E-state index contributed by atoms with van der Waals surface area (Å²) in [5.41, 5.74) is 56.9. The summed E-state index contributed by atoms with van der Waals surface area (Å²) < 4.78 is 57.6. The number of aliphatic hydroxyl groups excluding tert-OH is 12. The zero-order valence-electron chi connectivity index (χ0n) is 66.8. The predicted molar refractivity (Wildman–Crippen MR) is 409 cm³/mol. The fourth-order valence-electron chi connectivity index (χ4n) is 23.0. The molecule has 10 aliphatic carbocycles. The number of ketones is 4. The maximum Gasteiger partial charge on any atom is 0.190 e. The lowest BCUT2D eigenvalue weighted by Crippen LogP contribution is -2.68. The van der Waals surface area contributed by atoms with Gasteiger partial charge >= 0.3 is 0 Å². The van der Waals surface area contributed by atoms with Gasteiger partial charge in [-0.3, -0.25) is 19.2 Å². The van der Waals surface area contributed by atoms with Gasteiger partial charge in [-0.2, -0.15) is 0 Å². The molecule has 0 unspecified atom stereocenters. The van der Waals surface area contributed by atoms with Crippen molar-refractivity contribution in [3.8, 4) is 0 Å². The van der Waals surface area contributed by atoms with Gasteiger partial charge in [-0.1, -0.05) is 51.0 Å². The van der Waals surface area contributed by atoms with Crippen LogP contribution in [0.5, 0.6) is 0 Å². The molecule has 12 fully saturated rings. The number of hydrogen-bond acceptors (Lipinski definition) is 38. The van der Waals surface area contributed by atoms with Crippen LogP contribution in [0.15, 0.2) is 47.6 Å². The van der Waals surface area contributed by atoms with Crippen LogP contribution in [0.1, 0.15) is 118 Å². The molecule has 0 aromatic heterocycles. The second-order valence-electron chi connectivity index (χ2n) is 36.5. The van der Waals surface area contributed by atoms with Gasteiger partial charge < -0.3 is 176 Å². The standard InChI is InChI=1S/C40H65N5O14.C21H28O5.C18H37N5O9/c1-38-7-5-18(46)9-17(38)3-4-19-20-6-8-40(53,39(20,2)12-25(48)29(19)38)28(49)15-55-16-54-14-27-31(50)30(45)32(51)37(57-27)59-35-22(43)10-21(42)34(33(35)52)58-36-23(44)11-24(47)26(13-41)56-36;1-19-7-5-13(23)9-12(19)3-4-14-15-6-8-21(26,17(25)11-22)20(15,2)10-16(24)18(14)19;19-3-9-8(25)2-7(22)17(29-9)31-15-5(20)1-6(21)16(14(15)28)32-18-13(27)11(23)12(26)10(4-24)30-18/h5,7,9,19-27,29-37,47-48,50-53H,3-4,6,8,10-16,41-45H2,1-2H3;5,7,9,14-16,18,22,24,26H,3-4,6,8,10-11H2,1-2H3;5-18,24-28H,1-4,19-23H2/t19-,20-,21-,22+,23+,24-,25-,26+,27+,29+,30-,31+,32+,33-,34+,35-,36+,37+,38-,39-,40-;14-,15-,16-,18+,19-,20-,21-;5-,6+,7+,8-,9+,10+,11-,12+,13+,14-,15+,16-,17+,18+/m000/s1. The van der Waals surface area contributed by atoms with Crippen molar-refractivity contribution in [3.63, 3.8) is 0 Å². The first-order chi connectivity index (χ1) is 55.1. The molecule has 4 aliphatic heterocycles. The Morgan fingerprint density at radius 3 is 1.23 bits per heavy atom. The van der Waals surface area contributed by atoms with Gasteiger partial charge in [0.1, 0.15) is 104 Å². The van der Waals surface area contributed by atoms with Crippen molar-refractivity contribution in [2.45, 2.75) is 312 Å². The largest absolute Gasteiger partial charge is 0.394 e. The van der Waals surface area contributed by atoms with E-state index in [1.54, 1.807) is 24.3 Å². The normalized spacial score (nSPS) is 51.2. The Kier molecular flexibility index (Phi) is 28.8. The number of fused-ring (bicyclic) bond motifs is 10. The minimum atomic E-state index is -1.74. The molecule has 4 saturated heterocycles. The average Bonchev–Trinajstić information content (AvgIpc) is 1.66. The third kappa shape index (κ3) is 17.1. The summed E-state index contributed by atoms with van der Waals surface area (Å²) in [6.07, 6.45) is -7.84. The molecule has 664 valence electrons. The van der Waals surface area contributed by atoms with Gasteiger partial charge in [-0.15, -0.1) is 0 Å². The second-order valence-corrected chi connectivity index (χ2v) is 36.5. The number of hydrogen-bond donors (Lipinski definition) is 24. The molecule has 0 aromatic carbocycles. The summed E-state index contributed by atoms with van der Waals surface area (Å²) in [5, 5.41) is 149. The van der Waals surface area contributed by atoms with E-state index in [1.165, 1.54) is 0 Å². The minimum Gasteiger partial charge on any atom is -0.394 e. The number of nitrogens with two attached hydrogens (primary N) is 10. The van der Waals surface area contributed by atoms with E-state index in [1.807, 2.05) is 26.0 Å². The van der Waals surface area contributed by atoms with Crippen molar-refractivity contribution >= 4 is 23.1 Å². The molecule has 4 heterocycles. The molecule has 0 aromatic rings. The Morgan fingerprint density at radius 2 is 0.838 bits per heavy atom. The van der Waals surface area contributed by atoms with Gasteiger partial charge in [-0.25, -0.2) is 0 Å². The Balaban J connectivity index is 0.000000181. The topological polar surface area (TPSA) is 704 Å². The van der Waals surface area contributed by atoms with Crippen molar-refractivity contribution in [2.75, 3.05) is 46.3 Å². The number of carbonyl (C=O) groups excluding carboxylic acids is 4. The Labute approximate surface area is 679 Å². The number of ether oxygens (including phenoxy) is 10. The summed E-state index contributed by atoms with van der Waals surface area (Å²) in [4.78, 5) is 50.1. The molecule has 14 aliphatic rings. The van der Waals surface area contributed by atoms with E-state index in [2.05, 4.69) is 13.8 Å². The maximum absolute atomic E-state index is 13.7. The van der Waals surface area contributed by atoms with Crippen LogP contribution < -0.4 is 57.3 Å². The lowest BCUT2D eigenvalue weighted by atomic mass is 9.46. The monoisotopic (exact) mass is 1670 g/mol. The fourth-order valence-corrected chi connectivity index (χ4v) is 23.0. The fraction of sp³-hybridized carbons (Fsp3) is 0.848. The van der Waals surface area contributed by atoms with E-state index in [4.69, 9.17) is 105 Å². The van der Waals surface area contributed by atoms with Crippen LogP contribution in [0.3, 0.4) is 0 Å². The van der Waals surface area contributed by atoms with Gasteiger partial charge in [0, 0.05) is 70.8 Å². The number of carbonyl (C=O) groups is 4. The van der Waals surface area contributed by atoms with E-state index in [-0.39, 0.29) is 111 Å². The molecule has 0 bridgehead atoms. The highest BCUT2D eigenvalue weighted by molar-refractivity contribution is 6.02. The first-order valence-electron chi connectivity index (χ1n) is 41.4. The van der Waals surface area contributed by atoms with Crippen LogP contribution in [0, 0.1) is 57.2 Å². The van der Waals surface area contributed by atoms with Crippen LogP contribution >= 0.6 is 0 Å². The maximum atomic E-state index is 13.7. The first kappa shape index (κ1) is 92.5. The molecule has 14 rings (SSSR count). The zero-order valence-corrected chi connectivity index (χ0v) is 66.8. The highest BCUT2D eigenvalue weighted by Gasteiger charge is 2.70. The van der Waals surface area contributed by atoms with Gasteiger partial charge in [0.2, 0.25) is 0 Å². The van der Waals surface area contributed by atoms with Gasteiger partial charge in [0.05, 0.1) is 74.0 Å². The molecule has 34 N–H and O–H groups in total. The van der Waals surface area contributed by atoms with Crippen molar-refractivity contribution in [3.05, 3.63) is 47.6 Å². The average molecular weight is 1670 g/mol. The van der Waals surface area contributed by atoms with Crippen molar-refractivity contribution in [2.24, 2.45) is 115 Å². The summed E-state index contributed by atoms with van der Waals surface area (Å²) in [6.45, 7) is 5.63. The SMILES string of the molecule is C[C@]12C=CC(=O)C=C1CC[C@@H]1[C@@H]2[C@@H](O)C[C@@]2(C)[C@H]1CC[C@]2(O)C(=O)CO.C[C@]12C=CC(=O)C=C1CC[C@@H]1[C@@H]2[C@@H](O)C[C@@]2(C)[C@H]1CC[C@]2(O)C(=O)COCOC[C@H]1O[C@H](O[C@@H]2[C@@H](O)[C@H](O[C@H]3O[C@H](CN)[C@@H](O)C[C@H]3N)[C@@H](N)C[C@H]2N)[C@H](O)[C@@H](N)[C@@H]1O.NC[C@H]1O[C@H](O[C@H]2[C@H](O)[C@@H](O[C@H]3O[C@H](CO)[C@@H](O)[C@H](N)[C@H]3O)[C@H](N)C[C@@H]2N)[C@H](N)C[C@@H]1O. The first-order valence-corrected chi connectivity index (χ1v) is 41.4. The minimum absolute atomic E-state index is 0.00912. The van der Waals surface area contributed by atoms with E-state index in [0.717, 1.165) is 36.8 Å². The quantitative estimate of drug-likeness (QED) is 0.0398. The molecule has 42 atom stereocenters. The molecular weight excluding hydrogens is 1540 g/mol. The molecule has 38 heteroatoms. The molecule has 0 amide bonds. The summed E-state index contributed by atoms with van der Waals surface area (Å²) in [6, 6.07) is -6.86. The van der Waals surface area contributed by atoms with E-state index < -0.39 is 249 Å². The molecule has 117 heavy (non-hydrogen) atoms. The van der Waals surface area contributed by atoms with Gasteiger partial charge in [-0.05, 0) is 138 Å². The molecular formula is C79H130N10O28. The highest BCUT2D eigenvalue weighted by atomic mass is 16.7. The summed E-state index contributed by atoms with van der Waals surface area (Å²) >= 11 is 0. The van der Waals surface area contributed by atoms with Crippen LogP contribution in [-0.2, 0) is 66.5 Å². The zero-order chi connectivity index (χ0) is 85.4. The van der Waals surface area contributed by atoms with Crippen LogP contribution in [0.2, 0.25) is 0 Å². The highest BCUT2D eigenvalue weighted by Crippen LogP contribution is 2.69. The van der Waals surface area contributed by atoms with Crippen LogP contribution in [0.25, 0.3) is 0 Å². The number of aliphatic hydroxyl groups is 14. The third-order valence-corrected chi connectivity index (χ3v) is 29.7. The van der Waals surface area contributed by atoms with Crippen molar-refractivity contribution < 1.29 is 138 Å². The number of allylic oxidation sites excluding steroid dienone is 8. The smallest absolute Gasteiger partial charge is 0.190 e. The Hall–Kier alpha value is -3.72. The summed E-state index contributed by atoms with van der Waals surface area (Å²) in [7, 11) is 0. The van der Waals surface area contributed by atoms with E-state index >= 15 is 0 Å². The Bertz CT molecular complexity index is 3620. The molecule has 0 radical (unpaired) electrons. The number of rotatable bonds is 20. The molecule has 8 saturated carbocycles. The van der Waals surface area contributed by atoms with E-state index in [9.17, 15) is 90.7 Å². The lowest BCUT2D eigenvalue weighted by Gasteiger charge is -2.59. The molecule has 0 spiro atoms. The third-order valence-electron chi connectivity index (χ3n) is 29.7. The van der Waals surface area contributed by atoms with Crippen LogP contribution in [-0.4, -0.2) is 336 Å². The van der Waals surface area contributed by atoms with Crippen molar-refractivity contribution in [1.29, 1.82) is 0 Å². The van der Waals surface area contributed by atoms with Crippen LogP contribution in [0.4, 0.5) is 0 Å². The van der Waals surface area contributed by atoms with Gasteiger partial charge in [0.15, 0.2) is 48.3 Å². The second kappa shape index (κ2) is 36.5. The predicted octanol–water partition coefficient (Wildman–Crippen LogP) is -8.46. The van der Waals surface area contributed by atoms with E-state index in [0.29, 0.717) is 25.7 Å². The summed E-state index contributed by atoms with van der Waals surface area (Å²) in [5.74, 6) is -0.903. The lowest BCUT2D eigenvalue weighted by molar-refractivity contribution is -0.317. The van der Waals surface area contributed by atoms with Crippen molar-refractivity contribution in [1.82, 2.24) is 0 Å². The van der Waals surface area contributed by atoms with Gasteiger partial charge in [0.25, 0.3) is 0 Å². The Morgan fingerprint density at radius 1 is 0.462 bits per heavy atom. The number of Topliss-reactive ketones (excluding diaryl/α,β-unsaturated/α-hetero) is 2.